The van der Waals surface area contributed by atoms with Crippen LogP contribution in [0.2, 0.25) is 0 Å². The van der Waals surface area contributed by atoms with Gasteiger partial charge in [-0.05, 0) is 44.2 Å². The zero-order valence-corrected chi connectivity index (χ0v) is 15.9. The molecule has 0 saturated carbocycles. The molecule has 1 amide bonds. The third-order valence-electron chi connectivity index (χ3n) is 4.12. The summed E-state index contributed by atoms with van der Waals surface area (Å²) >= 11 is 1.44. The van der Waals surface area contributed by atoms with Gasteiger partial charge < -0.3 is 10.1 Å². The number of nitrogens with one attached hydrogen (secondary N) is 1. The number of benzene rings is 2. The van der Waals surface area contributed by atoms with Crippen molar-refractivity contribution in [1.29, 1.82) is 0 Å². The SMILES string of the molecule is COc1ccc(-c2nn3c(C)nnc3s2)cc1NC(=O)c1cccc(C)c1. The van der Waals surface area contributed by atoms with Crippen LogP contribution in [-0.2, 0) is 0 Å². The minimum Gasteiger partial charge on any atom is -0.495 e. The summed E-state index contributed by atoms with van der Waals surface area (Å²) < 4.78 is 7.10. The molecule has 4 rings (SSSR count). The second-order valence-electron chi connectivity index (χ2n) is 6.09. The molecule has 0 aliphatic heterocycles. The van der Waals surface area contributed by atoms with Gasteiger partial charge in [0.2, 0.25) is 4.96 Å². The molecule has 0 radical (unpaired) electrons. The van der Waals surface area contributed by atoms with Crippen molar-refractivity contribution in [3.8, 4) is 16.3 Å². The maximum absolute atomic E-state index is 12.6. The van der Waals surface area contributed by atoms with E-state index in [-0.39, 0.29) is 5.91 Å². The Morgan fingerprint density at radius 1 is 1.15 bits per heavy atom. The molecule has 27 heavy (non-hydrogen) atoms. The van der Waals surface area contributed by atoms with Gasteiger partial charge >= 0.3 is 0 Å². The van der Waals surface area contributed by atoms with Crippen molar-refractivity contribution >= 4 is 27.9 Å². The van der Waals surface area contributed by atoms with Crippen molar-refractivity contribution in [3.05, 3.63) is 59.4 Å². The first-order valence-corrected chi connectivity index (χ1v) is 9.12. The molecule has 0 spiro atoms. The Labute approximate surface area is 159 Å². The highest BCUT2D eigenvalue weighted by atomic mass is 32.1. The van der Waals surface area contributed by atoms with Crippen LogP contribution >= 0.6 is 11.3 Å². The summed E-state index contributed by atoms with van der Waals surface area (Å²) in [6, 6.07) is 13.0. The number of hydrogen-bond acceptors (Lipinski definition) is 6. The fourth-order valence-corrected chi connectivity index (χ4v) is 3.63. The number of anilines is 1. The first kappa shape index (κ1) is 17.2. The lowest BCUT2D eigenvalue weighted by atomic mass is 10.1. The Hall–Kier alpha value is -3.26. The number of carbonyl (C=O) groups is 1. The highest BCUT2D eigenvalue weighted by molar-refractivity contribution is 7.19. The van der Waals surface area contributed by atoms with Gasteiger partial charge in [-0.25, -0.2) is 0 Å². The molecule has 7 nitrogen and oxygen atoms in total. The van der Waals surface area contributed by atoms with E-state index in [2.05, 4.69) is 20.6 Å². The van der Waals surface area contributed by atoms with E-state index >= 15 is 0 Å². The van der Waals surface area contributed by atoms with Crippen molar-refractivity contribution in [2.75, 3.05) is 12.4 Å². The Kier molecular flexibility index (Phi) is 4.33. The first-order valence-electron chi connectivity index (χ1n) is 8.30. The zero-order chi connectivity index (χ0) is 19.0. The molecule has 1 N–H and O–H groups in total. The Morgan fingerprint density at radius 3 is 2.74 bits per heavy atom. The quantitative estimate of drug-likeness (QED) is 0.584. The van der Waals surface area contributed by atoms with Gasteiger partial charge in [0.1, 0.15) is 10.8 Å². The van der Waals surface area contributed by atoms with Crippen LogP contribution in [0.5, 0.6) is 5.75 Å². The lowest BCUT2D eigenvalue weighted by Gasteiger charge is -2.11. The minimum atomic E-state index is -0.192. The van der Waals surface area contributed by atoms with Gasteiger partial charge in [-0.1, -0.05) is 29.0 Å². The topological polar surface area (TPSA) is 81.4 Å². The van der Waals surface area contributed by atoms with Crippen molar-refractivity contribution < 1.29 is 9.53 Å². The number of methoxy groups -OCH3 is 1. The number of hydrogen-bond donors (Lipinski definition) is 1. The van der Waals surface area contributed by atoms with Crippen molar-refractivity contribution in [1.82, 2.24) is 19.8 Å². The molecule has 136 valence electrons. The molecule has 2 aromatic heterocycles. The lowest BCUT2D eigenvalue weighted by Crippen LogP contribution is -2.12. The van der Waals surface area contributed by atoms with Crippen LogP contribution in [0.15, 0.2) is 42.5 Å². The van der Waals surface area contributed by atoms with Crippen molar-refractivity contribution in [3.63, 3.8) is 0 Å². The lowest BCUT2D eigenvalue weighted by molar-refractivity contribution is 0.102. The van der Waals surface area contributed by atoms with Crippen LogP contribution in [0.25, 0.3) is 15.5 Å². The Balaban J connectivity index is 1.69. The van der Waals surface area contributed by atoms with Crippen LogP contribution in [-0.4, -0.2) is 32.8 Å². The molecule has 2 heterocycles. The summed E-state index contributed by atoms with van der Waals surface area (Å²) in [6.07, 6.45) is 0. The molecule has 0 atom stereocenters. The van der Waals surface area contributed by atoms with Gasteiger partial charge in [-0.3, -0.25) is 4.79 Å². The number of aryl methyl sites for hydroxylation is 2. The minimum absolute atomic E-state index is 0.192. The first-order chi connectivity index (χ1) is 13.0. The third kappa shape index (κ3) is 3.26. The third-order valence-corrected chi connectivity index (χ3v) is 5.07. The molecule has 4 aromatic rings. The van der Waals surface area contributed by atoms with E-state index in [4.69, 9.17) is 4.74 Å². The summed E-state index contributed by atoms with van der Waals surface area (Å²) in [5.74, 6) is 1.12. The smallest absolute Gasteiger partial charge is 0.255 e. The summed E-state index contributed by atoms with van der Waals surface area (Å²) in [7, 11) is 1.57. The van der Waals surface area contributed by atoms with E-state index in [1.807, 2.05) is 50.2 Å². The second-order valence-corrected chi connectivity index (χ2v) is 7.04. The van der Waals surface area contributed by atoms with Crippen LogP contribution in [0.3, 0.4) is 0 Å². The highest BCUT2D eigenvalue weighted by Gasteiger charge is 2.15. The molecular weight excluding hydrogens is 362 g/mol. The van der Waals surface area contributed by atoms with Crippen LogP contribution < -0.4 is 10.1 Å². The van der Waals surface area contributed by atoms with Gasteiger partial charge in [0.15, 0.2) is 5.82 Å². The van der Waals surface area contributed by atoms with E-state index in [0.717, 1.165) is 26.9 Å². The number of carbonyl (C=O) groups excluding carboxylic acids is 1. The molecule has 0 bridgehead atoms. The summed E-state index contributed by atoms with van der Waals surface area (Å²) in [6.45, 7) is 3.80. The van der Waals surface area contributed by atoms with Crippen molar-refractivity contribution in [2.24, 2.45) is 0 Å². The summed E-state index contributed by atoms with van der Waals surface area (Å²) in [4.78, 5) is 13.4. The van der Waals surface area contributed by atoms with E-state index in [1.165, 1.54) is 11.3 Å². The molecular formula is C19H17N5O2S. The van der Waals surface area contributed by atoms with Crippen LogP contribution in [0.4, 0.5) is 5.69 Å². The van der Waals surface area contributed by atoms with E-state index < -0.39 is 0 Å². The molecule has 0 unspecified atom stereocenters. The van der Waals surface area contributed by atoms with Gasteiger partial charge in [-0.15, -0.1) is 10.2 Å². The maximum atomic E-state index is 12.6. The van der Waals surface area contributed by atoms with E-state index in [0.29, 0.717) is 17.0 Å². The highest BCUT2D eigenvalue weighted by Crippen LogP contribution is 2.33. The average molecular weight is 379 g/mol. The summed E-state index contributed by atoms with van der Waals surface area (Å²) in [5.41, 5.74) is 3.07. The van der Waals surface area contributed by atoms with Gasteiger partial charge in [0, 0.05) is 11.1 Å². The van der Waals surface area contributed by atoms with Gasteiger partial charge in [0.05, 0.1) is 12.8 Å². The van der Waals surface area contributed by atoms with E-state index in [1.54, 1.807) is 17.7 Å². The molecule has 0 saturated heterocycles. The number of rotatable bonds is 4. The molecule has 2 aromatic carbocycles. The van der Waals surface area contributed by atoms with Gasteiger partial charge in [-0.2, -0.15) is 9.61 Å². The van der Waals surface area contributed by atoms with Crippen LogP contribution in [0, 0.1) is 13.8 Å². The predicted octanol–water partition coefficient (Wildman–Crippen LogP) is 3.73. The Bertz CT molecular complexity index is 1150. The summed E-state index contributed by atoms with van der Waals surface area (Å²) in [5, 5.41) is 16.4. The zero-order valence-electron chi connectivity index (χ0n) is 15.1. The second kappa shape index (κ2) is 6.81. The molecule has 0 aliphatic rings. The van der Waals surface area contributed by atoms with Crippen LogP contribution in [0.1, 0.15) is 21.7 Å². The number of fused-ring (bicyclic) bond motifs is 1. The van der Waals surface area contributed by atoms with Crippen molar-refractivity contribution in [2.45, 2.75) is 13.8 Å². The molecule has 8 heteroatoms. The number of aromatic nitrogens is 4. The fraction of sp³-hybridized carbons (Fsp3) is 0.158. The number of amides is 1. The largest absolute Gasteiger partial charge is 0.495 e. The number of ether oxygens (including phenoxy) is 1. The predicted molar refractivity (Wildman–Crippen MR) is 105 cm³/mol. The van der Waals surface area contributed by atoms with Gasteiger partial charge in [0.25, 0.3) is 5.91 Å². The number of nitrogens with zero attached hydrogens (tertiary/aromatic N) is 4. The average Bonchev–Trinajstić information content (AvgIpc) is 3.24. The molecule has 0 fully saturated rings. The maximum Gasteiger partial charge on any atom is 0.255 e. The standard InChI is InChI=1S/C19H17N5O2S/c1-11-5-4-6-13(9-11)17(25)20-15-10-14(7-8-16(15)26-3)18-23-24-12(2)21-22-19(24)27-18/h4-10H,1-3H3,(H,20,25). The Morgan fingerprint density at radius 2 is 2.00 bits per heavy atom. The monoisotopic (exact) mass is 379 g/mol. The molecule has 0 aliphatic carbocycles. The fourth-order valence-electron chi connectivity index (χ4n) is 2.75. The normalized spacial score (nSPS) is 10.9. The van der Waals surface area contributed by atoms with E-state index in [9.17, 15) is 4.79 Å².